The van der Waals surface area contributed by atoms with E-state index in [1.807, 2.05) is 20.8 Å². The van der Waals surface area contributed by atoms with Crippen LogP contribution in [0.3, 0.4) is 0 Å². The molecule has 0 saturated carbocycles. The molecule has 3 nitrogen and oxygen atoms in total. The first-order chi connectivity index (χ1) is 6.24. The molecular formula is C10H21O3Ti-. The van der Waals surface area contributed by atoms with Crippen molar-refractivity contribution in [3.63, 3.8) is 0 Å². The summed E-state index contributed by atoms with van der Waals surface area (Å²) < 4.78 is 16.4. The summed E-state index contributed by atoms with van der Waals surface area (Å²) in [5.41, 5.74) is 0. The van der Waals surface area contributed by atoms with E-state index in [-0.39, 0.29) is 21.7 Å². The van der Waals surface area contributed by atoms with Crippen molar-refractivity contribution in [2.45, 2.75) is 39.6 Å². The molecule has 0 aliphatic carbocycles. The zero-order chi connectivity index (χ0) is 10.2. The molecule has 0 aromatic heterocycles. The Labute approximate surface area is 102 Å². The maximum atomic E-state index is 5.47. The Morgan fingerprint density at radius 3 is 1.50 bits per heavy atom. The van der Waals surface area contributed by atoms with Crippen molar-refractivity contribution >= 4 is 0 Å². The van der Waals surface area contributed by atoms with Crippen LogP contribution in [0.4, 0.5) is 0 Å². The van der Waals surface area contributed by atoms with Gasteiger partial charge in [-0.25, -0.2) is 0 Å². The average molecular weight is 237 g/mol. The molecule has 0 N–H and O–H groups in total. The summed E-state index contributed by atoms with van der Waals surface area (Å²) in [7, 11) is 0. The summed E-state index contributed by atoms with van der Waals surface area (Å²) in [6.45, 7) is 11.3. The summed E-state index contributed by atoms with van der Waals surface area (Å²) in [6.07, 6.45) is 1.41. The van der Waals surface area contributed by atoms with Gasteiger partial charge < -0.3 is 21.1 Å². The monoisotopic (exact) mass is 237 g/mol. The van der Waals surface area contributed by atoms with Gasteiger partial charge in [0.2, 0.25) is 0 Å². The van der Waals surface area contributed by atoms with E-state index in [0.717, 1.165) is 6.42 Å². The fourth-order valence-electron chi connectivity index (χ4n) is 1.22. The Morgan fingerprint density at radius 1 is 0.929 bits per heavy atom. The van der Waals surface area contributed by atoms with Crippen molar-refractivity contribution < 1.29 is 35.9 Å². The van der Waals surface area contributed by atoms with Crippen LogP contribution >= 0.6 is 0 Å². The number of hydrogen-bond donors (Lipinski definition) is 0. The van der Waals surface area contributed by atoms with Crippen molar-refractivity contribution in [1.82, 2.24) is 0 Å². The van der Waals surface area contributed by atoms with Crippen LogP contribution in [0.2, 0.25) is 0 Å². The average Bonchev–Trinajstić information content (AvgIpc) is 2.06. The van der Waals surface area contributed by atoms with Gasteiger partial charge >= 0.3 is 0 Å². The minimum atomic E-state index is -0.861. The first-order valence-corrected chi connectivity index (χ1v) is 4.95. The molecule has 0 aromatic carbocycles. The van der Waals surface area contributed by atoms with E-state index in [2.05, 4.69) is 6.92 Å². The third kappa shape index (κ3) is 6.15. The molecule has 4 heteroatoms. The third-order valence-electron chi connectivity index (χ3n) is 1.58. The summed E-state index contributed by atoms with van der Waals surface area (Å²) in [6, 6.07) is 0. The normalized spacial score (nSPS) is 11.1. The minimum Gasteiger partial charge on any atom is -0.343 e. The quantitative estimate of drug-likeness (QED) is 0.368. The Hall–Kier alpha value is 0.594. The Kier molecular flexibility index (Phi) is 12.3. The van der Waals surface area contributed by atoms with Gasteiger partial charge in [-0.2, -0.15) is 6.42 Å². The van der Waals surface area contributed by atoms with Gasteiger partial charge in [0.1, 0.15) is 0 Å². The molecule has 0 unspecified atom stereocenters. The third-order valence-corrected chi connectivity index (χ3v) is 1.58. The van der Waals surface area contributed by atoms with Gasteiger partial charge in [0, 0.05) is 48.0 Å². The summed E-state index contributed by atoms with van der Waals surface area (Å²) >= 11 is 0. The molecule has 0 heterocycles. The minimum absolute atomic E-state index is 0. The van der Waals surface area contributed by atoms with Crippen molar-refractivity contribution in [3.05, 3.63) is 6.92 Å². The van der Waals surface area contributed by atoms with Gasteiger partial charge in [-0.1, -0.05) is 0 Å². The summed E-state index contributed by atoms with van der Waals surface area (Å²) in [4.78, 5) is 0. The molecule has 0 aliphatic heterocycles. The van der Waals surface area contributed by atoms with Crippen LogP contribution in [0.5, 0.6) is 0 Å². The second-order valence-corrected chi connectivity index (χ2v) is 2.59. The van der Waals surface area contributed by atoms with Crippen LogP contribution in [0.15, 0.2) is 0 Å². The second kappa shape index (κ2) is 10.1. The number of ether oxygens (including phenoxy) is 3. The van der Waals surface area contributed by atoms with E-state index in [1.165, 1.54) is 0 Å². The number of hydrogen-bond acceptors (Lipinski definition) is 3. The molecule has 0 amide bonds. The van der Waals surface area contributed by atoms with E-state index in [1.54, 1.807) is 0 Å². The first-order valence-electron chi connectivity index (χ1n) is 4.95. The van der Waals surface area contributed by atoms with Crippen LogP contribution < -0.4 is 0 Å². The van der Waals surface area contributed by atoms with Gasteiger partial charge in [-0.05, 0) is 20.8 Å². The van der Waals surface area contributed by atoms with Crippen LogP contribution in [-0.2, 0) is 35.9 Å². The molecule has 84 valence electrons. The van der Waals surface area contributed by atoms with E-state index in [9.17, 15) is 0 Å². The molecule has 14 heavy (non-hydrogen) atoms. The predicted octanol–water partition coefficient (Wildman–Crippen LogP) is 2.36. The topological polar surface area (TPSA) is 27.7 Å². The van der Waals surface area contributed by atoms with Gasteiger partial charge in [-0.15, -0.1) is 0 Å². The molecule has 0 atom stereocenters. The fraction of sp³-hybridized carbons (Fsp3) is 0.900. The molecule has 0 fully saturated rings. The van der Waals surface area contributed by atoms with Gasteiger partial charge in [0.05, 0.1) is 0 Å². The van der Waals surface area contributed by atoms with Crippen molar-refractivity contribution in [1.29, 1.82) is 0 Å². The van der Waals surface area contributed by atoms with E-state index >= 15 is 0 Å². The van der Waals surface area contributed by atoms with Crippen molar-refractivity contribution in [3.8, 4) is 0 Å². The zero-order valence-electron chi connectivity index (χ0n) is 9.47. The Balaban J connectivity index is 0. The molecule has 0 bridgehead atoms. The molecule has 0 spiro atoms. The summed E-state index contributed by atoms with van der Waals surface area (Å²) in [5, 5.41) is 0. The SMILES string of the molecule is [CH2-]CCC(OCC)(OCC)OCC.[Ti]. The smallest absolute Gasteiger partial charge is 0.280 e. The molecule has 0 saturated heterocycles. The van der Waals surface area contributed by atoms with Crippen LogP contribution in [0.25, 0.3) is 0 Å². The van der Waals surface area contributed by atoms with E-state index in [0.29, 0.717) is 26.2 Å². The van der Waals surface area contributed by atoms with E-state index in [4.69, 9.17) is 14.2 Å². The maximum absolute atomic E-state index is 5.47. The van der Waals surface area contributed by atoms with Crippen LogP contribution in [-0.4, -0.2) is 25.8 Å². The largest absolute Gasteiger partial charge is 0.343 e. The molecule has 0 aromatic rings. The summed E-state index contributed by atoms with van der Waals surface area (Å²) in [5.74, 6) is -0.861. The van der Waals surface area contributed by atoms with E-state index < -0.39 is 5.97 Å². The molecule has 0 rings (SSSR count). The van der Waals surface area contributed by atoms with Crippen LogP contribution in [0.1, 0.15) is 33.6 Å². The Bertz CT molecular complexity index is 90.4. The van der Waals surface area contributed by atoms with Crippen LogP contribution in [0, 0.1) is 6.92 Å². The van der Waals surface area contributed by atoms with Crippen molar-refractivity contribution in [2.75, 3.05) is 19.8 Å². The first kappa shape index (κ1) is 17.0. The number of rotatable bonds is 8. The molecule has 0 radical (unpaired) electrons. The standard InChI is InChI=1S/C10H21O3.Ti/c1-5-9-10(11-6-2,12-7-3)13-8-4;/h1,5-9H2,2-4H3;/q-1;. The Morgan fingerprint density at radius 2 is 1.29 bits per heavy atom. The van der Waals surface area contributed by atoms with Crippen molar-refractivity contribution in [2.24, 2.45) is 0 Å². The van der Waals surface area contributed by atoms with Gasteiger partial charge in [0.15, 0.2) is 0 Å². The molecular weight excluding hydrogens is 216 g/mol. The zero-order valence-corrected chi connectivity index (χ0v) is 11.0. The molecule has 0 aliphatic rings. The van der Waals surface area contributed by atoms with Gasteiger partial charge in [-0.3, -0.25) is 0 Å². The maximum Gasteiger partial charge on any atom is 0.280 e. The van der Waals surface area contributed by atoms with Gasteiger partial charge in [0.25, 0.3) is 5.97 Å². The second-order valence-electron chi connectivity index (χ2n) is 2.59. The predicted molar refractivity (Wildman–Crippen MR) is 52.2 cm³/mol. The fourth-order valence-corrected chi connectivity index (χ4v) is 1.22.